The Morgan fingerprint density at radius 3 is 2.76 bits per heavy atom. The van der Waals surface area contributed by atoms with Gasteiger partial charge in [0.05, 0.1) is 12.0 Å². The van der Waals surface area contributed by atoms with Gasteiger partial charge in [-0.3, -0.25) is 4.90 Å². The van der Waals surface area contributed by atoms with Crippen LogP contribution in [0.15, 0.2) is 22.7 Å². The maximum atomic E-state index is 8.84. The summed E-state index contributed by atoms with van der Waals surface area (Å²) in [6.07, 6.45) is 0. The summed E-state index contributed by atoms with van der Waals surface area (Å²) in [6.45, 7) is 6.49. The second-order valence-corrected chi connectivity index (χ2v) is 5.02. The molecule has 0 saturated heterocycles. The van der Waals surface area contributed by atoms with Crippen LogP contribution in [0.1, 0.15) is 19.4 Å². The summed E-state index contributed by atoms with van der Waals surface area (Å²) in [6, 6.07) is 8.09. The molecule has 4 heteroatoms. The highest BCUT2D eigenvalue weighted by Gasteiger charge is 2.12. The Bertz CT molecular complexity index is 391. The molecule has 1 unspecified atom stereocenters. The fraction of sp³-hybridized carbons (Fsp3) is 0.462. The molecule has 2 N–H and O–H groups in total. The van der Waals surface area contributed by atoms with Crippen LogP contribution in [0.4, 0.5) is 5.69 Å². The smallest absolute Gasteiger partial charge is 0.0666 e. The van der Waals surface area contributed by atoms with Crippen LogP contribution in [-0.4, -0.2) is 18.0 Å². The Hall–Kier alpha value is -1.05. The summed E-state index contributed by atoms with van der Waals surface area (Å²) in [7, 11) is 0. The predicted molar refractivity (Wildman–Crippen MR) is 74.3 cm³/mol. The number of nitrogens with two attached hydrogens (primary N) is 1. The third-order valence-electron chi connectivity index (χ3n) is 2.74. The second-order valence-electron chi connectivity index (χ2n) is 4.17. The molecule has 3 nitrogen and oxygen atoms in total. The summed E-state index contributed by atoms with van der Waals surface area (Å²) >= 11 is 3.52. The molecule has 0 saturated carbocycles. The van der Waals surface area contributed by atoms with Crippen molar-refractivity contribution in [1.29, 1.82) is 5.26 Å². The molecule has 1 atom stereocenters. The van der Waals surface area contributed by atoms with Gasteiger partial charge in [0.25, 0.3) is 0 Å². The van der Waals surface area contributed by atoms with Gasteiger partial charge in [0.15, 0.2) is 0 Å². The van der Waals surface area contributed by atoms with Gasteiger partial charge in [0.1, 0.15) is 0 Å². The van der Waals surface area contributed by atoms with Gasteiger partial charge in [0.2, 0.25) is 0 Å². The maximum Gasteiger partial charge on any atom is 0.0666 e. The van der Waals surface area contributed by atoms with Gasteiger partial charge < -0.3 is 5.73 Å². The molecule has 1 aromatic carbocycles. The summed E-state index contributed by atoms with van der Waals surface area (Å²) < 4.78 is 1.03. The number of nitrogens with zero attached hydrogens (tertiary/aromatic N) is 2. The molecule has 0 aromatic heterocycles. The lowest BCUT2D eigenvalue weighted by Gasteiger charge is -2.23. The first-order valence-corrected chi connectivity index (χ1v) is 6.52. The average molecular weight is 296 g/mol. The molecule has 0 amide bonds. The normalized spacial score (nSPS) is 12.4. The summed E-state index contributed by atoms with van der Waals surface area (Å²) in [4.78, 5) is 2.23. The number of halogens is 1. The van der Waals surface area contributed by atoms with Crippen LogP contribution in [0.5, 0.6) is 0 Å². The Labute approximate surface area is 111 Å². The molecular formula is C13H18BrN3. The molecule has 0 radical (unpaired) electrons. The van der Waals surface area contributed by atoms with Gasteiger partial charge in [-0.15, -0.1) is 0 Å². The van der Waals surface area contributed by atoms with E-state index in [1.807, 2.05) is 25.1 Å². The minimum atomic E-state index is 0.0404. The van der Waals surface area contributed by atoms with E-state index in [1.54, 1.807) is 0 Å². The van der Waals surface area contributed by atoms with E-state index in [0.717, 1.165) is 35.4 Å². The number of benzene rings is 1. The molecule has 0 aliphatic rings. The van der Waals surface area contributed by atoms with E-state index in [1.165, 1.54) is 0 Å². The number of hydrogen-bond donors (Lipinski definition) is 1. The van der Waals surface area contributed by atoms with Crippen LogP contribution < -0.4 is 5.73 Å². The van der Waals surface area contributed by atoms with E-state index in [9.17, 15) is 0 Å². The fourth-order valence-corrected chi connectivity index (χ4v) is 2.21. The molecule has 0 aliphatic heterocycles. The lowest BCUT2D eigenvalue weighted by Crippen LogP contribution is -2.28. The van der Waals surface area contributed by atoms with Crippen LogP contribution in [0.3, 0.4) is 0 Å². The van der Waals surface area contributed by atoms with Crippen molar-refractivity contribution in [3.05, 3.63) is 28.2 Å². The standard InChI is InChI=1S/C13H18BrN3/c1-3-17(8-10(2)7-15)9-11-12(14)5-4-6-13(11)16/h4-6,10H,3,8-9,16H2,1-2H3. The van der Waals surface area contributed by atoms with Crippen molar-refractivity contribution in [2.75, 3.05) is 18.8 Å². The van der Waals surface area contributed by atoms with E-state index in [4.69, 9.17) is 11.0 Å². The van der Waals surface area contributed by atoms with Crippen LogP contribution in [0.2, 0.25) is 0 Å². The van der Waals surface area contributed by atoms with Crippen LogP contribution >= 0.6 is 15.9 Å². The fourth-order valence-electron chi connectivity index (χ4n) is 1.70. The zero-order valence-corrected chi connectivity index (χ0v) is 11.9. The van der Waals surface area contributed by atoms with Gasteiger partial charge in [0, 0.05) is 28.8 Å². The summed E-state index contributed by atoms with van der Waals surface area (Å²) in [5.41, 5.74) is 7.86. The highest BCUT2D eigenvalue weighted by atomic mass is 79.9. The van der Waals surface area contributed by atoms with Crippen molar-refractivity contribution in [3.63, 3.8) is 0 Å². The maximum absolute atomic E-state index is 8.84. The number of anilines is 1. The number of nitriles is 1. The molecule has 1 rings (SSSR count). The Balaban J connectivity index is 2.78. The van der Waals surface area contributed by atoms with Gasteiger partial charge in [-0.2, -0.15) is 5.26 Å². The molecule has 0 spiro atoms. The molecule has 0 bridgehead atoms. The van der Waals surface area contributed by atoms with E-state index < -0.39 is 0 Å². The first kappa shape index (κ1) is 14.0. The van der Waals surface area contributed by atoms with Crippen molar-refractivity contribution in [3.8, 4) is 6.07 Å². The first-order valence-electron chi connectivity index (χ1n) is 5.73. The molecule has 17 heavy (non-hydrogen) atoms. The minimum Gasteiger partial charge on any atom is -0.398 e. The highest BCUT2D eigenvalue weighted by molar-refractivity contribution is 9.10. The quantitative estimate of drug-likeness (QED) is 0.850. The van der Waals surface area contributed by atoms with Gasteiger partial charge in [-0.1, -0.05) is 28.9 Å². The van der Waals surface area contributed by atoms with E-state index >= 15 is 0 Å². The Morgan fingerprint density at radius 2 is 2.24 bits per heavy atom. The monoisotopic (exact) mass is 295 g/mol. The topological polar surface area (TPSA) is 53.0 Å². The van der Waals surface area contributed by atoms with Crippen LogP contribution in [0.25, 0.3) is 0 Å². The van der Waals surface area contributed by atoms with Crippen LogP contribution in [-0.2, 0) is 6.54 Å². The molecule has 0 heterocycles. The lowest BCUT2D eigenvalue weighted by molar-refractivity contribution is 0.260. The van der Waals surface area contributed by atoms with Gasteiger partial charge in [-0.25, -0.2) is 0 Å². The SMILES string of the molecule is CCN(Cc1c(N)cccc1Br)CC(C)C#N. The highest BCUT2D eigenvalue weighted by Crippen LogP contribution is 2.24. The second kappa shape index (κ2) is 6.63. The number of rotatable bonds is 5. The minimum absolute atomic E-state index is 0.0404. The van der Waals surface area contributed by atoms with E-state index in [-0.39, 0.29) is 5.92 Å². The Kier molecular flexibility index (Phi) is 5.46. The average Bonchev–Trinajstić information content (AvgIpc) is 2.32. The molecule has 92 valence electrons. The molecular weight excluding hydrogens is 278 g/mol. The third kappa shape index (κ3) is 4.03. The number of nitrogen functional groups attached to an aromatic ring is 1. The zero-order valence-electron chi connectivity index (χ0n) is 10.3. The van der Waals surface area contributed by atoms with E-state index in [0.29, 0.717) is 0 Å². The predicted octanol–water partition coefficient (Wildman–Crippen LogP) is 3.01. The van der Waals surface area contributed by atoms with Gasteiger partial charge in [-0.05, 0) is 25.6 Å². The van der Waals surface area contributed by atoms with Crippen molar-refractivity contribution in [1.82, 2.24) is 4.90 Å². The summed E-state index contributed by atoms with van der Waals surface area (Å²) in [5.74, 6) is 0.0404. The molecule has 0 fully saturated rings. The summed E-state index contributed by atoms with van der Waals surface area (Å²) in [5, 5.41) is 8.84. The zero-order chi connectivity index (χ0) is 12.8. The lowest BCUT2D eigenvalue weighted by atomic mass is 10.1. The van der Waals surface area contributed by atoms with Crippen molar-refractivity contribution >= 4 is 21.6 Å². The first-order chi connectivity index (χ1) is 8.08. The Morgan fingerprint density at radius 1 is 1.53 bits per heavy atom. The third-order valence-corrected chi connectivity index (χ3v) is 3.48. The van der Waals surface area contributed by atoms with Gasteiger partial charge >= 0.3 is 0 Å². The number of hydrogen-bond acceptors (Lipinski definition) is 3. The molecule has 1 aromatic rings. The molecule has 0 aliphatic carbocycles. The van der Waals surface area contributed by atoms with Crippen molar-refractivity contribution < 1.29 is 0 Å². The van der Waals surface area contributed by atoms with Crippen molar-refractivity contribution in [2.24, 2.45) is 5.92 Å². The van der Waals surface area contributed by atoms with Crippen molar-refractivity contribution in [2.45, 2.75) is 20.4 Å². The van der Waals surface area contributed by atoms with Crippen LogP contribution in [0, 0.1) is 17.2 Å². The van der Waals surface area contributed by atoms with E-state index in [2.05, 4.69) is 33.8 Å². The largest absolute Gasteiger partial charge is 0.398 e.